The third-order valence-electron chi connectivity index (χ3n) is 5.37. The lowest BCUT2D eigenvalue weighted by atomic mass is 9.93. The number of rotatable bonds is 2. The molecule has 0 fully saturated rings. The maximum atomic E-state index is 6.08. The fraction of sp³-hybridized carbons (Fsp3) is 0.0400. The number of benzene rings is 3. The van der Waals surface area contributed by atoms with Crippen LogP contribution in [0.4, 0.5) is 0 Å². The summed E-state index contributed by atoms with van der Waals surface area (Å²) in [5.74, 6) is 0.642. The Hall–Kier alpha value is -3.24. The number of hydrogen-bond acceptors (Lipinski definition) is 3. The Labute approximate surface area is 175 Å². The van der Waals surface area contributed by atoms with Crippen LogP contribution in [0.25, 0.3) is 33.7 Å². The quantitative estimate of drug-likeness (QED) is 0.419. The van der Waals surface area contributed by atoms with Gasteiger partial charge in [0.15, 0.2) is 5.58 Å². The minimum Gasteiger partial charge on any atom is -0.436 e. The zero-order valence-corrected chi connectivity index (χ0v) is 17.0. The van der Waals surface area contributed by atoms with Crippen LogP contribution < -0.4 is 10.6 Å². The highest BCUT2D eigenvalue weighted by molar-refractivity contribution is 9.10. The molecule has 3 aromatic carbocycles. The van der Waals surface area contributed by atoms with Gasteiger partial charge in [-0.1, -0.05) is 58.4 Å². The third-order valence-corrected chi connectivity index (χ3v) is 5.86. The van der Waals surface area contributed by atoms with Crippen molar-refractivity contribution in [1.82, 2.24) is 4.98 Å². The summed E-state index contributed by atoms with van der Waals surface area (Å²) >= 11 is 3.58. The van der Waals surface area contributed by atoms with E-state index in [2.05, 4.69) is 52.3 Å². The van der Waals surface area contributed by atoms with Crippen LogP contribution in [-0.2, 0) is 0 Å². The van der Waals surface area contributed by atoms with Gasteiger partial charge in [-0.3, -0.25) is 0 Å². The summed E-state index contributed by atoms with van der Waals surface area (Å²) in [6, 6.07) is 22.5. The average Bonchev–Trinajstić information content (AvgIpc) is 3.33. The molecule has 138 valence electrons. The van der Waals surface area contributed by atoms with E-state index in [0.717, 1.165) is 55.0 Å². The van der Waals surface area contributed by atoms with E-state index < -0.39 is 0 Å². The molecule has 0 spiro atoms. The van der Waals surface area contributed by atoms with Gasteiger partial charge in [-0.25, -0.2) is 9.98 Å². The Balaban J connectivity index is 1.56. The molecule has 2 aliphatic rings. The number of allylic oxidation sites excluding steroid dienone is 4. The van der Waals surface area contributed by atoms with Crippen molar-refractivity contribution in [1.29, 1.82) is 0 Å². The maximum absolute atomic E-state index is 6.08. The Bertz CT molecular complexity index is 1480. The maximum Gasteiger partial charge on any atom is 0.227 e. The molecule has 4 heteroatoms. The van der Waals surface area contributed by atoms with Gasteiger partial charge >= 0.3 is 0 Å². The number of fused-ring (bicyclic) bond motifs is 3. The second kappa shape index (κ2) is 6.39. The molecule has 3 nitrogen and oxygen atoms in total. The third kappa shape index (κ3) is 2.71. The molecule has 0 atom stereocenters. The molecule has 2 heterocycles. The molecule has 0 unspecified atom stereocenters. The molecule has 0 bridgehead atoms. The summed E-state index contributed by atoms with van der Waals surface area (Å²) in [6.07, 6.45) is 5.25. The smallest absolute Gasteiger partial charge is 0.227 e. The second-order valence-electron chi connectivity index (χ2n) is 7.19. The van der Waals surface area contributed by atoms with E-state index in [1.807, 2.05) is 42.5 Å². The number of halogens is 1. The minimum atomic E-state index is 0.642. The van der Waals surface area contributed by atoms with Crippen LogP contribution in [0, 0.1) is 0 Å². The van der Waals surface area contributed by atoms with Gasteiger partial charge in [0.1, 0.15) is 5.52 Å². The molecular formula is C25H15BrN2O. The van der Waals surface area contributed by atoms with Crippen molar-refractivity contribution in [3.8, 4) is 11.5 Å². The number of oxazole rings is 1. The molecule has 0 amide bonds. The summed E-state index contributed by atoms with van der Waals surface area (Å²) in [5, 5.41) is 2.10. The number of aromatic nitrogens is 1. The first-order chi connectivity index (χ1) is 14.3. The highest BCUT2D eigenvalue weighted by atomic mass is 79.9. The predicted molar refractivity (Wildman–Crippen MR) is 118 cm³/mol. The van der Waals surface area contributed by atoms with E-state index >= 15 is 0 Å². The lowest BCUT2D eigenvalue weighted by Crippen LogP contribution is -2.22. The van der Waals surface area contributed by atoms with E-state index in [9.17, 15) is 0 Å². The van der Waals surface area contributed by atoms with Crippen molar-refractivity contribution in [3.63, 3.8) is 0 Å². The molecular weight excluding hydrogens is 424 g/mol. The first-order valence-electron chi connectivity index (χ1n) is 9.51. The van der Waals surface area contributed by atoms with Crippen LogP contribution in [0.1, 0.15) is 12.0 Å². The summed E-state index contributed by atoms with van der Waals surface area (Å²) in [6.45, 7) is 0. The first kappa shape index (κ1) is 16.7. The van der Waals surface area contributed by atoms with Crippen molar-refractivity contribution < 1.29 is 4.42 Å². The molecule has 0 radical (unpaired) electrons. The standard InChI is InChI=1S/C25H15BrN2O/c26-17-9-4-8-16(12-17)18-10-5-11-19-20-13-23-22(14-21(20)27-24(18)19)28-25(29-23)15-6-2-1-3-7-15/h1-10,12-14H,11H2. The van der Waals surface area contributed by atoms with Crippen LogP contribution in [0.15, 0.2) is 98.5 Å². The van der Waals surface area contributed by atoms with E-state index in [-0.39, 0.29) is 0 Å². The molecule has 4 aromatic rings. The Morgan fingerprint density at radius 2 is 1.76 bits per heavy atom. The largest absolute Gasteiger partial charge is 0.436 e. The predicted octanol–water partition coefficient (Wildman–Crippen LogP) is 5.41. The van der Waals surface area contributed by atoms with Gasteiger partial charge in [0.25, 0.3) is 0 Å². The number of nitrogens with zero attached hydrogens (tertiary/aromatic N) is 2. The van der Waals surface area contributed by atoms with Crippen molar-refractivity contribution in [2.24, 2.45) is 4.99 Å². The molecule has 0 N–H and O–H groups in total. The monoisotopic (exact) mass is 438 g/mol. The minimum absolute atomic E-state index is 0.642. The molecule has 1 aliphatic heterocycles. The topological polar surface area (TPSA) is 38.4 Å². The highest BCUT2D eigenvalue weighted by Gasteiger charge is 2.21. The Kier molecular flexibility index (Phi) is 3.68. The van der Waals surface area contributed by atoms with E-state index in [4.69, 9.17) is 14.4 Å². The van der Waals surface area contributed by atoms with Gasteiger partial charge in [0.2, 0.25) is 5.89 Å². The van der Waals surface area contributed by atoms with Gasteiger partial charge in [-0.2, -0.15) is 0 Å². The number of hydrogen-bond donors (Lipinski definition) is 0. The van der Waals surface area contributed by atoms with Gasteiger partial charge in [-0.05, 0) is 54.0 Å². The normalized spacial score (nSPS) is 14.9. The van der Waals surface area contributed by atoms with Crippen molar-refractivity contribution in [2.45, 2.75) is 6.42 Å². The van der Waals surface area contributed by atoms with E-state index in [0.29, 0.717) is 5.89 Å². The fourth-order valence-electron chi connectivity index (χ4n) is 4.01. The summed E-state index contributed by atoms with van der Waals surface area (Å²) in [7, 11) is 0. The van der Waals surface area contributed by atoms with Crippen molar-refractivity contribution in [2.75, 3.05) is 0 Å². The zero-order valence-electron chi connectivity index (χ0n) is 15.4. The van der Waals surface area contributed by atoms with Crippen molar-refractivity contribution in [3.05, 3.63) is 105 Å². The van der Waals surface area contributed by atoms with Crippen LogP contribution >= 0.6 is 15.9 Å². The average molecular weight is 439 g/mol. The lowest BCUT2D eigenvalue weighted by Gasteiger charge is -2.13. The van der Waals surface area contributed by atoms with E-state index in [1.54, 1.807) is 0 Å². The van der Waals surface area contributed by atoms with Crippen molar-refractivity contribution >= 4 is 38.2 Å². The summed E-state index contributed by atoms with van der Waals surface area (Å²) < 4.78 is 7.14. The van der Waals surface area contributed by atoms with Gasteiger partial charge in [0.05, 0.1) is 11.1 Å². The zero-order chi connectivity index (χ0) is 19.4. The highest BCUT2D eigenvalue weighted by Crippen LogP contribution is 2.34. The summed E-state index contributed by atoms with van der Waals surface area (Å²) in [4.78, 5) is 9.68. The Morgan fingerprint density at radius 1 is 0.897 bits per heavy atom. The first-order valence-corrected chi connectivity index (χ1v) is 10.3. The molecule has 1 aromatic heterocycles. The van der Waals surface area contributed by atoms with Crippen LogP contribution in [0.5, 0.6) is 0 Å². The van der Waals surface area contributed by atoms with Crippen LogP contribution in [0.2, 0.25) is 0 Å². The van der Waals surface area contributed by atoms with E-state index in [1.165, 1.54) is 5.57 Å². The second-order valence-corrected chi connectivity index (χ2v) is 8.11. The van der Waals surface area contributed by atoms with Gasteiger partial charge < -0.3 is 4.42 Å². The molecule has 0 saturated heterocycles. The van der Waals surface area contributed by atoms with Gasteiger partial charge in [0, 0.05) is 20.8 Å². The fourth-order valence-corrected chi connectivity index (χ4v) is 4.41. The SMILES string of the molecule is Brc1cccc(C2=C3N=c4cc5nc(-c6ccccc6)oc5cc4=C3CC=C2)c1. The molecule has 0 saturated carbocycles. The lowest BCUT2D eigenvalue weighted by molar-refractivity contribution is 0.619. The molecule has 29 heavy (non-hydrogen) atoms. The van der Waals surface area contributed by atoms with Crippen LogP contribution in [-0.4, -0.2) is 4.98 Å². The van der Waals surface area contributed by atoms with Crippen LogP contribution in [0.3, 0.4) is 0 Å². The Morgan fingerprint density at radius 3 is 2.62 bits per heavy atom. The molecule has 1 aliphatic carbocycles. The summed E-state index contributed by atoms with van der Waals surface area (Å²) in [5.41, 5.74) is 7.22. The molecule has 6 rings (SSSR count). The van der Waals surface area contributed by atoms with Gasteiger partial charge in [-0.15, -0.1) is 0 Å².